The summed E-state index contributed by atoms with van der Waals surface area (Å²) in [6.07, 6.45) is 3.38. The Morgan fingerprint density at radius 1 is 1.28 bits per heavy atom. The van der Waals surface area contributed by atoms with E-state index in [-0.39, 0.29) is 23.5 Å². The molecule has 2 fully saturated rings. The summed E-state index contributed by atoms with van der Waals surface area (Å²) in [6.45, 7) is 4.88. The number of hydrogen-bond acceptors (Lipinski definition) is 6. The third-order valence-electron chi connectivity index (χ3n) is 4.53. The highest BCUT2D eigenvalue weighted by molar-refractivity contribution is 8.18. The van der Waals surface area contributed by atoms with Crippen LogP contribution in [0.2, 0.25) is 5.02 Å². The Bertz CT molecular complexity index is 865. The van der Waals surface area contributed by atoms with E-state index in [1.165, 1.54) is 7.11 Å². The van der Waals surface area contributed by atoms with Gasteiger partial charge in [0.05, 0.1) is 23.1 Å². The number of thioether (sulfide) groups is 1. The van der Waals surface area contributed by atoms with Crippen molar-refractivity contribution < 1.29 is 23.9 Å². The van der Waals surface area contributed by atoms with Gasteiger partial charge in [0, 0.05) is 13.1 Å². The van der Waals surface area contributed by atoms with Crippen molar-refractivity contribution in [1.82, 2.24) is 9.80 Å². The molecule has 2 aliphatic heterocycles. The number of amides is 3. The van der Waals surface area contributed by atoms with E-state index < -0.39 is 11.1 Å². The van der Waals surface area contributed by atoms with E-state index in [1.807, 2.05) is 13.8 Å². The van der Waals surface area contributed by atoms with Gasteiger partial charge in [-0.1, -0.05) is 11.6 Å². The topological polar surface area (TPSA) is 76.2 Å². The maximum absolute atomic E-state index is 12.7. The Balaban J connectivity index is 1.80. The van der Waals surface area contributed by atoms with Crippen LogP contribution in [-0.4, -0.2) is 59.7 Å². The Morgan fingerprint density at radius 3 is 2.59 bits per heavy atom. The van der Waals surface area contributed by atoms with Gasteiger partial charge in [-0.05, 0) is 62.2 Å². The molecule has 0 atom stereocenters. The number of ether oxygens (including phenoxy) is 2. The van der Waals surface area contributed by atoms with Crippen LogP contribution in [0.1, 0.15) is 32.3 Å². The minimum atomic E-state index is -0.481. The molecule has 3 amide bonds. The second kappa shape index (κ2) is 9.09. The Morgan fingerprint density at radius 2 is 1.97 bits per heavy atom. The van der Waals surface area contributed by atoms with Crippen LogP contribution in [0.3, 0.4) is 0 Å². The predicted octanol–water partition coefficient (Wildman–Crippen LogP) is 3.79. The Labute approximate surface area is 178 Å². The predicted molar refractivity (Wildman–Crippen MR) is 112 cm³/mol. The van der Waals surface area contributed by atoms with Gasteiger partial charge in [0.25, 0.3) is 11.1 Å². The van der Waals surface area contributed by atoms with Crippen molar-refractivity contribution in [3.63, 3.8) is 0 Å². The van der Waals surface area contributed by atoms with E-state index in [0.29, 0.717) is 35.2 Å². The van der Waals surface area contributed by atoms with Gasteiger partial charge in [0.1, 0.15) is 6.54 Å². The second-order valence-corrected chi connectivity index (χ2v) is 8.46. The highest BCUT2D eigenvalue weighted by Gasteiger charge is 2.37. The van der Waals surface area contributed by atoms with Crippen molar-refractivity contribution in [3.05, 3.63) is 27.6 Å². The highest BCUT2D eigenvalue weighted by Crippen LogP contribution is 2.39. The summed E-state index contributed by atoms with van der Waals surface area (Å²) in [7, 11) is 1.50. The smallest absolute Gasteiger partial charge is 0.294 e. The van der Waals surface area contributed by atoms with Crippen molar-refractivity contribution in [2.75, 3.05) is 26.7 Å². The molecule has 9 heteroatoms. The molecule has 1 aromatic carbocycles. The van der Waals surface area contributed by atoms with Crippen molar-refractivity contribution >= 4 is 46.5 Å². The van der Waals surface area contributed by atoms with Gasteiger partial charge in [0.15, 0.2) is 11.5 Å². The maximum atomic E-state index is 12.7. The summed E-state index contributed by atoms with van der Waals surface area (Å²) in [6, 6.07) is 3.33. The number of carbonyl (C=O) groups is 3. The second-order valence-electron chi connectivity index (χ2n) is 7.06. The van der Waals surface area contributed by atoms with Crippen LogP contribution < -0.4 is 9.47 Å². The molecule has 0 spiro atoms. The van der Waals surface area contributed by atoms with E-state index in [1.54, 1.807) is 23.1 Å². The summed E-state index contributed by atoms with van der Waals surface area (Å²) in [5.74, 6) is 0.169. The average Bonchev–Trinajstić information content (AvgIpc) is 3.28. The molecule has 156 valence electrons. The van der Waals surface area contributed by atoms with Crippen LogP contribution in [0.15, 0.2) is 17.0 Å². The summed E-state index contributed by atoms with van der Waals surface area (Å²) in [5.41, 5.74) is 0.597. The SMILES string of the molecule is COc1cc(/C=C2/SC(=O)N(CC(=O)N3CCCC3)C2=O)cc(Cl)c1OC(C)C. The van der Waals surface area contributed by atoms with Crippen LogP contribution in [-0.2, 0) is 9.59 Å². The zero-order chi connectivity index (χ0) is 21.1. The summed E-state index contributed by atoms with van der Waals surface area (Å²) >= 11 is 7.13. The minimum Gasteiger partial charge on any atom is -0.493 e. The molecule has 29 heavy (non-hydrogen) atoms. The van der Waals surface area contributed by atoms with Crippen LogP contribution in [0, 0.1) is 0 Å². The van der Waals surface area contributed by atoms with Crippen LogP contribution >= 0.6 is 23.4 Å². The van der Waals surface area contributed by atoms with Gasteiger partial charge in [0.2, 0.25) is 5.91 Å². The maximum Gasteiger partial charge on any atom is 0.294 e. The molecule has 1 aromatic rings. The highest BCUT2D eigenvalue weighted by atomic mass is 35.5. The summed E-state index contributed by atoms with van der Waals surface area (Å²) in [4.78, 5) is 40.2. The van der Waals surface area contributed by atoms with Crippen LogP contribution in [0.5, 0.6) is 11.5 Å². The average molecular weight is 439 g/mol. The third-order valence-corrected chi connectivity index (χ3v) is 5.72. The molecule has 0 bridgehead atoms. The van der Waals surface area contributed by atoms with E-state index in [9.17, 15) is 14.4 Å². The van der Waals surface area contributed by atoms with Crippen LogP contribution in [0.4, 0.5) is 4.79 Å². The van der Waals surface area contributed by atoms with Crippen molar-refractivity contribution in [1.29, 1.82) is 0 Å². The van der Waals surface area contributed by atoms with Crippen molar-refractivity contribution in [3.8, 4) is 11.5 Å². The molecule has 0 aliphatic carbocycles. The minimum absolute atomic E-state index is 0.0862. The number of benzene rings is 1. The molecular weight excluding hydrogens is 416 g/mol. The molecule has 2 saturated heterocycles. The quantitative estimate of drug-likeness (QED) is 0.629. The van der Waals surface area contributed by atoms with E-state index in [2.05, 4.69) is 0 Å². The lowest BCUT2D eigenvalue weighted by Gasteiger charge is -2.18. The van der Waals surface area contributed by atoms with Gasteiger partial charge in [-0.15, -0.1) is 0 Å². The standard InChI is InChI=1S/C20H23ClN2O5S/c1-12(2)28-18-14(21)8-13(9-15(18)27-3)10-16-19(25)23(20(26)29-16)11-17(24)22-6-4-5-7-22/h8-10,12H,4-7,11H2,1-3H3/b16-10+. The van der Waals surface area contributed by atoms with Gasteiger partial charge in [-0.25, -0.2) is 0 Å². The number of imide groups is 1. The lowest BCUT2D eigenvalue weighted by Crippen LogP contribution is -2.40. The summed E-state index contributed by atoms with van der Waals surface area (Å²) < 4.78 is 11.0. The molecule has 3 rings (SSSR count). The number of hydrogen-bond donors (Lipinski definition) is 0. The molecule has 2 heterocycles. The number of likely N-dealkylation sites (tertiary alicyclic amines) is 1. The number of carbonyl (C=O) groups excluding carboxylic acids is 3. The fourth-order valence-corrected chi connectivity index (χ4v) is 4.26. The first kappa shape index (κ1) is 21.5. The Kier molecular flexibility index (Phi) is 6.74. The first-order valence-electron chi connectivity index (χ1n) is 9.37. The Hall–Kier alpha value is -2.19. The van der Waals surface area contributed by atoms with E-state index in [0.717, 1.165) is 29.5 Å². The van der Waals surface area contributed by atoms with Crippen molar-refractivity contribution in [2.24, 2.45) is 0 Å². The zero-order valence-electron chi connectivity index (χ0n) is 16.6. The molecular formula is C20H23ClN2O5S. The van der Waals surface area contributed by atoms with Gasteiger partial charge >= 0.3 is 0 Å². The van der Waals surface area contributed by atoms with E-state index >= 15 is 0 Å². The van der Waals surface area contributed by atoms with E-state index in [4.69, 9.17) is 21.1 Å². The van der Waals surface area contributed by atoms with Gasteiger partial charge < -0.3 is 14.4 Å². The third kappa shape index (κ3) is 4.87. The molecule has 7 nitrogen and oxygen atoms in total. The summed E-state index contributed by atoms with van der Waals surface area (Å²) in [5, 5.41) is -0.112. The molecule has 0 unspecified atom stereocenters. The molecule has 2 aliphatic rings. The fourth-order valence-electron chi connectivity index (χ4n) is 3.16. The monoisotopic (exact) mass is 438 g/mol. The molecule has 0 radical (unpaired) electrons. The number of rotatable bonds is 6. The molecule has 0 N–H and O–H groups in total. The first-order valence-corrected chi connectivity index (χ1v) is 10.6. The van der Waals surface area contributed by atoms with Crippen LogP contribution in [0.25, 0.3) is 6.08 Å². The number of halogens is 1. The molecule has 0 saturated carbocycles. The lowest BCUT2D eigenvalue weighted by molar-refractivity contribution is -0.135. The largest absolute Gasteiger partial charge is 0.493 e. The number of nitrogens with zero attached hydrogens (tertiary/aromatic N) is 2. The molecule has 0 aromatic heterocycles. The van der Waals surface area contributed by atoms with Gasteiger partial charge in [-0.2, -0.15) is 0 Å². The fraction of sp³-hybridized carbons (Fsp3) is 0.450. The first-order chi connectivity index (χ1) is 13.8. The lowest BCUT2D eigenvalue weighted by atomic mass is 10.1. The van der Waals surface area contributed by atoms with Gasteiger partial charge in [-0.3, -0.25) is 19.3 Å². The zero-order valence-corrected chi connectivity index (χ0v) is 18.1. The normalized spacial score (nSPS) is 18.3. The van der Waals surface area contributed by atoms with Crippen molar-refractivity contribution in [2.45, 2.75) is 32.8 Å². The number of methoxy groups -OCH3 is 1.